The van der Waals surface area contributed by atoms with E-state index in [1.54, 1.807) is 31.6 Å². The first-order valence-electron chi connectivity index (χ1n) is 8.15. The minimum absolute atomic E-state index is 0.177. The fraction of sp³-hybridized carbons (Fsp3) is 0.167. The summed E-state index contributed by atoms with van der Waals surface area (Å²) >= 11 is 6.28. The van der Waals surface area contributed by atoms with E-state index in [1.807, 2.05) is 35.9 Å². The van der Waals surface area contributed by atoms with Gasteiger partial charge in [0.1, 0.15) is 11.6 Å². The Balaban J connectivity index is 1.89. The molecule has 0 aliphatic carbocycles. The van der Waals surface area contributed by atoms with Crippen LogP contribution in [-0.2, 0) is 6.54 Å². The lowest BCUT2D eigenvalue weighted by atomic mass is 10.1. The number of nitrogens with zero attached hydrogens (tertiary/aromatic N) is 3. The molecular formula is C18H19ClN6O. The molecule has 0 radical (unpaired) electrons. The number of aromatic nitrogens is 3. The van der Waals surface area contributed by atoms with Gasteiger partial charge in [0, 0.05) is 25.7 Å². The van der Waals surface area contributed by atoms with Gasteiger partial charge in [-0.3, -0.25) is 4.79 Å². The summed E-state index contributed by atoms with van der Waals surface area (Å²) in [4.78, 5) is 16.3. The summed E-state index contributed by atoms with van der Waals surface area (Å²) in [5.74, 6) is 1.27. The van der Waals surface area contributed by atoms with Gasteiger partial charge in [-0.2, -0.15) is 5.10 Å². The van der Waals surface area contributed by atoms with Crippen LogP contribution in [0.4, 0.5) is 23.0 Å². The highest BCUT2D eigenvalue weighted by atomic mass is 35.5. The summed E-state index contributed by atoms with van der Waals surface area (Å²) in [6.45, 7) is 2.75. The molecule has 3 N–H and O–H groups in total. The topological polar surface area (TPSA) is 83.9 Å². The van der Waals surface area contributed by atoms with Crippen molar-refractivity contribution in [2.75, 3.05) is 17.7 Å². The Kier molecular flexibility index (Phi) is 5.38. The normalized spacial score (nSPS) is 10.4. The highest BCUT2D eigenvalue weighted by molar-refractivity contribution is 6.33. The standard InChI is InChI=1S/C18H19ClN6O/c1-3-25-17(8-9-22-25)24-16-10-15(13(19)11-21-16)23-14-7-5-4-6-12(14)18(26)20-2/h4-11H,3H2,1-2H3,(H,20,26)(H2,21,23,24). The number of halogens is 1. The van der Waals surface area contributed by atoms with Crippen molar-refractivity contribution >= 4 is 40.5 Å². The summed E-state index contributed by atoms with van der Waals surface area (Å²) in [5.41, 5.74) is 1.83. The summed E-state index contributed by atoms with van der Waals surface area (Å²) in [7, 11) is 1.59. The molecule has 0 unspecified atom stereocenters. The lowest BCUT2D eigenvalue weighted by Gasteiger charge is -2.14. The molecule has 7 nitrogen and oxygen atoms in total. The van der Waals surface area contributed by atoms with Crippen LogP contribution in [0.1, 0.15) is 17.3 Å². The molecule has 0 saturated carbocycles. The third-order valence-corrected chi connectivity index (χ3v) is 4.10. The first-order chi connectivity index (χ1) is 12.6. The third kappa shape index (κ3) is 3.78. The zero-order chi connectivity index (χ0) is 18.5. The smallest absolute Gasteiger partial charge is 0.253 e. The Morgan fingerprint density at radius 3 is 2.77 bits per heavy atom. The van der Waals surface area contributed by atoms with Crippen LogP contribution in [0.15, 0.2) is 48.8 Å². The Hall–Kier alpha value is -3.06. The summed E-state index contributed by atoms with van der Waals surface area (Å²) in [5, 5.41) is 13.7. The van der Waals surface area contributed by atoms with Crippen molar-refractivity contribution in [2.45, 2.75) is 13.5 Å². The van der Waals surface area contributed by atoms with E-state index in [4.69, 9.17) is 11.6 Å². The van der Waals surface area contributed by atoms with Crippen molar-refractivity contribution in [3.63, 3.8) is 0 Å². The van der Waals surface area contributed by atoms with Crippen molar-refractivity contribution in [1.82, 2.24) is 20.1 Å². The van der Waals surface area contributed by atoms with E-state index in [0.29, 0.717) is 27.8 Å². The molecule has 0 bridgehead atoms. The van der Waals surface area contributed by atoms with Gasteiger partial charge in [-0.05, 0) is 19.1 Å². The van der Waals surface area contributed by atoms with Crippen LogP contribution >= 0.6 is 11.6 Å². The van der Waals surface area contributed by atoms with E-state index in [0.717, 1.165) is 12.4 Å². The van der Waals surface area contributed by atoms with Gasteiger partial charge in [-0.25, -0.2) is 9.67 Å². The van der Waals surface area contributed by atoms with Gasteiger partial charge in [0.15, 0.2) is 0 Å². The second-order valence-electron chi connectivity index (χ2n) is 5.46. The average Bonchev–Trinajstić information content (AvgIpc) is 3.11. The first-order valence-corrected chi connectivity index (χ1v) is 8.52. The van der Waals surface area contributed by atoms with Crippen LogP contribution in [0, 0.1) is 0 Å². The lowest BCUT2D eigenvalue weighted by Crippen LogP contribution is -2.19. The number of carbonyl (C=O) groups excluding carboxylic acids is 1. The second-order valence-corrected chi connectivity index (χ2v) is 5.86. The number of aryl methyl sites for hydroxylation is 1. The molecule has 2 aromatic heterocycles. The fourth-order valence-corrected chi connectivity index (χ4v) is 2.65. The molecule has 0 fully saturated rings. The van der Waals surface area contributed by atoms with Crippen molar-refractivity contribution in [1.29, 1.82) is 0 Å². The van der Waals surface area contributed by atoms with Gasteiger partial charge < -0.3 is 16.0 Å². The third-order valence-electron chi connectivity index (χ3n) is 3.80. The van der Waals surface area contributed by atoms with Crippen LogP contribution in [0.2, 0.25) is 5.02 Å². The van der Waals surface area contributed by atoms with E-state index in [-0.39, 0.29) is 5.91 Å². The Bertz CT molecular complexity index is 924. The number of benzene rings is 1. The molecule has 26 heavy (non-hydrogen) atoms. The Morgan fingerprint density at radius 1 is 1.19 bits per heavy atom. The van der Waals surface area contributed by atoms with Gasteiger partial charge in [0.05, 0.1) is 34.4 Å². The van der Waals surface area contributed by atoms with Crippen molar-refractivity contribution in [3.05, 3.63) is 59.4 Å². The minimum atomic E-state index is -0.177. The van der Waals surface area contributed by atoms with Crippen molar-refractivity contribution in [3.8, 4) is 0 Å². The molecule has 0 atom stereocenters. The van der Waals surface area contributed by atoms with Gasteiger partial charge >= 0.3 is 0 Å². The largest absolute Gasteiger partial charge is 0.355 e. The fourth-order valence-electron chi connectivity index (χ4n) is 2.49. The molecule has 0 aliphatic heterocycles. The maximum atomic E-state index is 12.0. The second kappa shape index (κ2) is 7.88. The predicted octanol–water partition coefficient (Wildman–Crippen LogP) is 3.80. The quantitative estimate of drug-likeness (QED) is 0.614. The first kappa shape index (κ1) is 17.8. The summed E-state index contributed by atoms with van der Waals surface area (Å²) in [6, 6.07) is 10.9. The maximum Gasteiger partial charge on any atom is 0.253 e. The van der Waals surface area contributed by atoms with Crippen molar-refractivity contribution < 1.29 is 4.79 Å². The predicted molar refractivity (Wildman–Crippen MR) is 104 cm³/mol. The van der Waals surface area contributed by atoms with Gasteiger partial charge in [-0.15, -0.1) is 0 Å². The highest BCUT2D eigenvalue weighted by Gasteiger charge is 2.12. The molecule has 134 valence electrons. The van der Waals surface area contributed by atoms with Gasteiger partial charge in [-0.1, -0.05) is 23.7 Å². The number of para-hydroxylation sites is 1. The van der Waals surface area contributed by atoms with Crippen LogP contribution in [0.5, 0.6) is 0 Å². The van der Waals surface area contributed by atoms with Gasteiger partial charge in [0.2, 0.25) is 0 Å². The molecule has 3 aromatic rings. The lowest BCUT2D eigenvalue weighted by molar-refractivity contribution is 0.0964. The zero-order valence-electron chi connectivity index (χ0n) is 14.5. The average molecular weight is 371 g/mol. The molecule has 1 aromatic carbocycles. The molecule has 0 spiro atoms. The van der Waals surface area contributed by atoms with Gasteiger partial charge in [0.25, 0.3) is 5.91 Å². The van der Waals surface area contributed by atoms with E-state index in [2.05, 4.69) is 26.0 Å². The van der Waals surface area contributed by atoms with E-state index in [9.17, 15) is 4.79 Å². The number of pyridine rings is 1. The van der Waals surface area contributed by atoms with Crippen LogP contribution < -0.4 is 16.0 Å². The molecule has 3 rings (SSSR count). The number of anilines is 4. The zero-order valence-corrected chi connectivity index (χ0v) is 15.2. The van der Waals surface area contributed by atoms with Crippen LogP contribution in [0.25, 0.3) is 0 Å². The molecule has 0 saturated heterocycles. The number of rotatable bonds is 6. The van der Waals surface area contributed by atoms with Crippen LogP contribution in [-0.4, -0.2) is 27.7 Å². The van der Waals surface area contributed by atoms with E-state index < -0.39 is 0 Å². The molecule has 1 amide bonds. The molecule has 2 heterocycles. The monoisotopic (exact) mass is 370 g/mol. The number of amides is 1. The summed E-state index contributed by atoms with van der Waals surface area (Å²) < 4.78 is 1.82. The SMILES string of the molecule is CCn1nccc1Nc1cc(Nc2ccccc2C(=O)NC)c(Cl)cn1. The molecule has 0 aliphatic rings. The summed E-state index contributed by atoms with van der Waals surface area (Å²) in [6.07, 6.45) is 3.28. The Labute approximate surface area is 156 Å². The molecule has 8 heteroatoms. The maximum absolute atomic E-state index is 12.0. The minimum Gasteiger partial charge on any atom is -0.355 e. The number of hydrogen-bond acceptors (Lipinski definition) is 5. The molecular weight excluding hydrogens is 352 g/mol. The number of hydrogen-bond donors (Lipinski definition) is 3. The highest BCUT2D eigenvalue weighted by Crippen LogP contribution is 2.29. The van der Waals surface area contributed by atoms with Crippen LogP contribution in [0.3, 0.4) is 0 Å². The van der Waals surface area contributed by atoms with Crippen molar-refractivity contribution in [2.24, 2.45) is 0 Å². The number of carbonyl (C=O) groups is 1. The number of nitrogens with one attached hydrogen (secondary N) is 3. The Morgan fingerprint density at radius 2 is 2.00 bits per heavy atom. The van der Waals surface area contributed by atoms with E-state index in [1.165, 1.54) is 0 Å². The van der Waals surface area contributed by atoms with E-state index >= 15 is 0 Å².